The van der Waals surface area contributed by atoms with Crippen LogP contribution in [-0.2, 0) is 24.1 Å². The number of aromatic nitrogens is 2. The Hall–Kier alpha value is -2.72. The van der Waals surface area contributed by atoms with Gasteiger partial charge in [0, 0.05) is 39.1 Å². The number of hydrogen-bond acceptors (Lipinski definition) is 6. The molecule has 170 valence electrons. The average molecular weight is 464 g/mol. The minimum atomic E-state index is -4.38. The summed E-state index contributed by atoms with van der Waals surface area (Å²) in [6, 6.07) is 7.47. The molecule has 0 atom stereocenters. The van der Waals surface area contributed by atoms with Crippen molar-refractivity contribution in [1.29, 1.82) is 0 Å². The molecule has 0 spiro atoms. The van der Waals surface area contributed by atoms with Gasteiger partial charge in [-0.2, -0.15) is 13.2 Å². The minimum absolute atomic E-state index is 0.0825. The van der Waals surface area contributed by atoms with Crippen LogP contribution in [0.5, 0.6) is 0 Å². The van der Waals surface area contributed by atoms with Crippen LogP contribution in [0.25, 0.3) is 10.2 Å². The maximum atomic E-state index is 13.2. The van der Waals surface area contributed by atoms with E-state index in [0.29, 0.717) is 32.0 Å². The molecule has 6 nitrogen and oxygen atoms in total. The first-order valence-corrected chi connectivity index (χ1v) is 11.4. The molecule has 1 amide bonds. The fourth-order valence-electron chi connectivity index (χ4n) is 3.80. The van der Waals surface area contributed by atoms with Gasteiger partial charge in [-0.3, -0.25) is 4.79 Å². The summed E-state index contributed by atoms with van der Waals surface area (Å²) >= 11 is 1.50. The Morgan fingerprint density at radius 3 is 2.75 bits per heavy atom. The van der Waals surface area contributed by atoms with Crippen molar-refractivity contribution in [2.24, 2.45) is 0 Å². The molecule has 2 N–H and O–H groups in total. The molecule has 10 heteroatoms. The normalized spacial score (nSPS) is 14.5. The number of benzene rings is 1. The minimum Gasteiger partial charge on any atom is -0.354 e. The largest absolute Gasteiger partial charge is 0.416 e. The number of rotatable bonds is 9. The second-order valence-electron chi connectivity index (χ2n) is 7.65. The standard InChI is InChI=1S/C22H24F3N5OS/c23-22(24,25)16-6-2-1-5-15(16)13-26-14-18-20-17(8-12-32-20)28-21(29-18)27-9-4-11-30-10-3-7-19(30)31/h1-2,5-6,8,12,26H,3-4,7,9-11,13-14H2,(H,27,28,29). The van der Waals surface area contributed by atoms with E-state index in [-0.39, 0.29) is 18.0 Å². The van der Waals surface area contributed by atoms with Crippen LogP contribution in [-0.4, -0.2) is 40.4 Å². The zero-order valence-electron chi connectivity index (χ0n) is 17.4. The van der Waals surface area contributed by atoms with E-state index in [4.69, 9.17) is 0 Å². The number of thiophene rings is 1. The molecule has 0 bridgehead atoms. The molecule has 3 heterocycles. The van der Waals surface area contributed by atoms with Crippen LogP contribution in [0.4, 0.5) is 19.1 Å². The number of fused-ring (bicyclic) bond motifs is 1. The molecule has 2 aromatic heterocycles. The van der Waals surface area contributed by atoms with E-state index in [2.05, 4.69) is 20.6 Å². The highest BCUT2D eigenvalue weighted by Crippen LogP contribution is 2.32. The van der Waals surface area contributed by atoms with Gasteiger partial charge in [0.25, 0.3) is 0 Å². The van der Waals surface area contributed by atoms with Crippen LogP contribution < -0.4 is 10.6 Å². The Morgan fingerprint density at radius 1 is 1.12 bits per heavy atom. The van der Waals surface area contributed by atoms with Crippen molar-refractivity contribution in [1.82, 2.24) is 20.2 Å². The number of alkyl halides is 3. The second kappa shape index (κ2) is 9.83. The van der Waals surface area contributed by atoms with Crippen LogP contribution in [0.1, 0.15) is 36.1 Å². The molecule has 1 aliphatic rings. The smallest absolute Gasteiger partial charge is 0.354 e. The van der Waals surface area contributed by atoms with E-state index >= 15 is 0 Å². The number of likely N-dealkylation sites (tertiary alicyclic amines) is 1. The van der Waals surface area contributed by atoms with Gasteiger partial charge in [-0.1, -0.05) is 18.2 Å². The zero-order chi connectivity index (χ0) is 22.6. The molecule has 32 heavy (non-hydrogen) atoms. The molecule has 0 saturated carbocycles. The second-order valence-corrected chi connectivity index (χ2v) is 8.57. The summed E-state index contributed by atoms with van der Waals surface area (Å²) in [5, 5.41) is 8.23. The van der Waals surface area contributed by atoms with Gasteiger partial charge in [0.15, 0.2) is 0 Å². The van der Waals surface area contributed by atoms with Crippen molar-refractivity contribution in [2.45, 2.75) is 38.5 Å². The average Bonchev–Trinajstić information content (AvgIpc) is 3.39. The van der Waals surface area contributed by atoms with E-state index in [1.165, 1.54) is 23.5 Å². The van der Waals surface area contributed by atoms with E-state index in [1.807, 2.05) is 16.3 Å². The highest BCUT2D eigenvalue weighted by molar-refractivity contribution is 7.17. The first-order valence-electron chi connectivity index (χ1n) is 10.5. The zero-order valence-corrected chi connectivity index (χ0v) is 18.2. The summed E-state index contributed by atoms with van der Waals surface area (Å²) < 4.78 is 40.5. The number of carbonyl (C=O) groups is 1. The van der Waals surface area contributed by atoms with Crippen molar-refractivity contribution >= 4 is 33.4 Å². The van der Waals surface area contributed by atoms with Gasteiger partial charge in [-0.15, -0.1) is 11.3 Å². The first-order chi connectivity index (χ1) is 15.4. The molecule has 1 fully saturated rings. The van der Waals surface area contributed by atoms with Crippen LogP contribution in [0.2, 0.25) is 0 Å². The number of amides is 1. The third kappa shape index (κ3) is 5.36. The number of halogens is 3. The summed E-state index contributed by atoms with van der Waals surface area (Å²) in [6.07, 6.45) is -2.03. The van der Waals surface area contributed by atoms with Crippen LogP contribution in [0, 0.1) is 0 Å². The maximum Gasteiger partial charge on any atom is 0.416 e. The SMILES string of the molecule is O=C1CCCN1CCCNc1nc(CNCc2ccccc2C(F)(F)F)c2sccc2n1. The Bertz CT molecular complexity index is 1080. The molecule has 0 unspecified atom stereocenters. The molecule has 4 rings (SSSR count). The lowest BCUT2D eigenvalue weighted by Gasteiger charge is -2.15. The molecule has 0 radical (unpaired) electrons. The fourth-order valence-corrected chi connectivity index (χ4v) is 4.62. The van der Waals surface area contributed by atoms with E-state index in [0.717, 1.165) is 41.4 Å². The lowest BCUT2D eigenvalue weighted by atomic mass is 10.1. The maximum absolute atomic E-state index is 13.2. The van der Waals surface area contributed by atoms with Crippen molar-refractivity contribution in [3.8, 4) is 0 Å². The van der Waals surface area contributed by atoms with Gasteiger partial charge in [0.05, 0.1) is 21.5 Å². The van der Waals surface area contributed by atoms with Crippen LogP contribution in [0.15, 0.2) is 35.7 Å². The quantitative estimate of drug-likeness (QED) is 0.460. The molecule has 3 aromatic rings. The summed E-state index contributed by atoms with van der Waals surface area (Å²) in [6.45, 7) is 2.57. The van der Waals surface area contributed by atoms with Gasteiger partial charge in [0.2, 0.25) is 11.9 Å². The Morgan fingerprint density at radius 2 is 1.97 bits per heavy atom. The number of nitrogens with zero attached hydrogens (tertiary/aromatic N) is 3. The molecule has 1 saturated heterocycles. The highest BCUT2D eigenvalue weighted by Gasteiger charge is 2.32. The summed E-state index contributed by atoms with van der Waals surface area (Å²) in [4.78, 5) is 22.7. The Balaban J connectivity index is 1.37. The van der Waals surface area contributed by atoms with E-state index < -0.39 is 11.7 Å². The number of nitrogens with one attached hydrogen (secondary N) is 2. The third-order valence-electron chi connectivity index (χ3n) is 5.36. The molecule has 1 aromatic carbocycles. The van der Waals surface area contributed by atoms with E-state index in [1.54, 1.807) is 6.07 Å². The molecule has 0 aliphatic carbocycles. The predicted molar refractivity (Wildman–Crippen MR) is 118 cm³/mol. The van der Waals surface area contributed by atoms with Gasteiger partial charge in [-0.05, 0) is 35.9 Å². The van der Waals surface area contributed by atoms with E-state index in [9.17, 15) is 18.0 Å². The Labute approximate surface area is 187 Å². The van der Waals surface area contributed by atoms with Gasteiger partial charge < -0.3 is 15.5 Å². The topological polar surface area (TPSA) is 70.2 Å². The van der Waals surface area contributed by atoms with Gasteiger partial charge in [0.1, 0.15) is 0 Å². The van der Waals surface area contributed by atoms with Gasteiger partial charge in [-0.25, -0.2) is 9.97 Å². The molecular formula is C22H24F3N5OS. The summed E-state index contributed by atoms with van der Waals surface area (Å²) in [7, 11) is 0. The first kappa shape index (κ1) is 22.5. The van der Waals surface area contributed by atoms with Gasteiger partial charge >= 0.3 is 6.18 Å². The third-order valence-corrected chi connectivity index (χ3v) is 6.32. The summed E-state index contributed by atoms with van der Waals surface area (Å²) in [5.74, 6) is 0.692. The Kier molecular flexibility index (Phi) is 6.90. The highest BCUT2D eigenvalue weighted by atomic mass is 32.1. The number of hydrogen-bond donors (Lipinski definition) is 2. The monoisotopic (exact) mass is 463 g/mol. The van der Waals surface area contributed by atoms with Crippen LogP contribution >= 0.6 is 11.3 Å². The number of carbonyl (C=O) groups excluding carboxylic acids is 1. The lowest BCUT2D eigenvalue weighted by molar-refractivity contribution is -0.138. The molecular weight excluding hydrogens is 439 g/mol. The predicted octanol–water partition coefficient (Wildman–Crippen LogP) is 4.42. The van der Waals surface area contributed by atoms with Crippen molar-refractivity contribution in [2.75, 3.05) is 25.0 Å². The van der Waals surface area contributed by atoms with Crippen molar-refractivity contribution in [3.05, 3.63) is 52.5 Å². The van der Waals surface area contributed by atoms with Crippen molar-refractivity contribution in [3.63, 3.8) is 0 Å². The van der Waals surface area contributed by atoms with Crippen molar-refractivity contribution < 1.29 is 18.0 Å². The van der Waals surface area contributed by atoms with Crippen LogP contribution in [0.3, 0.4) is 0 Å². The molecule has 1 aliphatic heterocycles. The number of anilines is 1. The summed E-state index contributed by atoms with van der Waals surface area (Å²) in [5.41, 5.74) is 1.11. The fraction of sp³-hybridized carbons (Fsp3) is 0.409. The lowest BCUT2D eigenvalue weighted by Crippen LogP contribution is -2.27.